The number of rotatable bonds is 7. The number of benzene rings is 1. The lowest BCUT2D eigenvalue weighted by Crippen LogP contribution is -2.35. The third-order valence-electron chi connectivity index (χ3n) is 5.42. The summed E-state index contributed by atoms with van der Waals surface area (Å²) in [5.74, 6) is 0.820. The molecule has 3 heterocycles. The SMILES string of the molecule is CCS(=O)(=O)N1CC=C(c2cnc(C)c(-c3nnc(-c4ccc(CNC)cc4)o3)n2)CC1. The van der Waals surface area contributed by atoms with E-state index in [1.165, 1.54) is 4.31 Å². The quantitative estimate of drug-likeness (QED) is 0.580. The first-order valence-electron chi connectivity index (χ1n) is 10.5. The van der Waals surface area contributed by atoms with E-state index in [4.69, 9.17) is 9.40 Å². The molecule has 9 nitrogen and oxygen atoms in total. The summed E-state index contributed by atoms with van der Waals surface area (Å²) in [6, 6.07) is 7.92. The molecule has 0 saturated heterocycles. The minimum atomic E-state index is -3.20. The topological polar surface area (TPSA) is 114 Å². The molecule has 10 heteroatoms. The Morgan fingerprint density at radius 3 is 2.56 bits per heavy atom. The second-order valence-electron chi connectivity index (χ2n) is 7.57. The molecule has 4 rings (SSSR count). The first-order chi connectivity index (χ1) is 15.4. The lowest BCUT2D eigenvalue weighted by Gasteiger charge is -2.25. The van der Waals surface area contributed by atoms with E-state index in [1.807, 2.05) is 44.3 Å². The Kier molecular flexibility index (Phi) is 6.45. The highest BCUT2D eigenvalue weighted by atomic mass is 32.2. The van der Waals surface area contributed by atoms with E-state index in [1.54, 1.807) is 13.1 Å². The number of nitrogens with one attached hydrogen (secondary N) is 1. The van der Waals surface area contributed by atoms with Crippen LogP contribution in [0.15, 0.2) is 41.0 Å². The van der Waals surface area contributed by atoms with E-state index in [0.29, 0.717) is 48.4 Å². The summed E-state index contributed by atoms with van der Waals surface area (Å²) in [6.07, 6.45) is 4.17. The third-order valence-corrected chi connectivity index (χ3v) is 7.27. The first kappa shape index (κ1) is 22.3. The predicted octanol–water partition coefficient (Wildman–Crippen LogP) is 2.66. The Morgan fingerprint density at radius 2 is 1.91 bits per heavy atom. The molecule has 0 bridgehead atoms. The average molecular weight is 455 g/mol. The van der Waals surface area contributed by atoms with Crippen LogP contribution >= 0.6 is 0 Å². The molecule has 0 radical (unpaired) electrons. The largest absolute Gasteiger partial charge is 0.415 e. The van der Waals surface area contributed by atoms with Gasteiger partial charge in [0.05, 0.1) is 23.3 Å². The molecule has 168 valence electrons. The number of aryl methyl sites for hydroxylation is 1. The van der Waals surface area contributed by atoms with Crippen molar-refractivity contribution in [2.75, 3.05) is 25.9 Å². The second-order valence-corrected chi connectivity index (χ2v) is 9.82. The smallest absolute Gasteiger partial charge is 0.268 e. The molecule has 1 aliphatic rings. The monoisotopic (exact) mass is 454 g/mol. The van der Waals surface area contributed by atoms with Crippen LogP contribution in [-0.4, -0.2) is 58.8 Å². The number of hydrogen-bond donors (Lipinski definition) is 1. The van der Waals surface area contributed by atoms with Gasteiger partial charge in [0.2, 0.25) is 15.9 Å². The van der Waals surface area contributed by atoms with Crippen molar-refractivity contribution in [3.63, 3.8) is 0 Å². The molecule has 0 amide bonds. The molecule has 1 aromatic carbocycles. The molecule has 0 aliphatic carbocycles. The number of nitrogens with zero attached hydrogens (tertiary/aromatic N) is 5. The summed E-state index contributed by atoms with van der Waals surface area (Å²) in [7, 11) is -1.29. The second kappa shape index (κ2) is 9.27. The van der Waals surface area contributed by atoms with Crippen LogP contribution in [0, 0.1) is 6.92 Å². The molecule has 0 saturated carbocycles. The third kappa shape index (κ3) is 4.62. The fourth-order valence-corrected chi connectivity index (χ4v) is 4.57. The Hall–Kier alpha value is -2.95. The van der Waals surface area contributed by atoms with Gasteiger partial charge >= 0.3 is 0 Å². The minimum absolute atomic E-state index is 0.0996. The summed E-state index contributed by atoms with van der Waals surface area (Å²) in [5, 5.41) is 11.5. The van der Waals surface area contributed by atoms with Crippen LogP contribution in [0.2, 0.25) is 0 Å². The van der Waals surface area contributed by atoms with Crippen molar-refractivity contribution in [1.29, 1.82) is 0 Å². The highest BCUT2D eigenvalue weighted by Gasteiger charge is 2.24. The Balaban J connectivity index is 1.58. The Labute approximate surface area is 187 Å². The van der Waals surface area contributed by atoms with E-state index in [0.717, 1.165) is 23.2 Å². The van der Waals surface area contributed by atoms with Gasteiger partial charge in [0, 0.05) is 25.2 Å². The highest BCUT2D eigenvalue weighted by molar-refractivity contribution is 7.89. The van der Waals surface area contributed by atoms with Crippen molar-refractivity contribution in [3.8, 4) is 23.0 Å². The summed E-state index contributed by atoms with van der Waals surface area (Å²) in [4.78, 5) is 9.17. The van der Waals surface area contributed by atoms with Gasteiger partial charge in [0.15, 0.2) is 0 Å². The first-order valence-corrected chi connectivity index (χ1v) is 12.1. The molecular formula is C22H26N6O3S. The summed E-state index contributed by atoms with van der Waals surface area (Å²) in [6.45, 7) is 5.05. The van der Waals surface area contributed by atoms with E-state index >= 15 is 0 Å². The van der Waals surface area contributed by atoms with Crippen molar-refractivity contribution in [2.45, 2.75) is 26.8 Å². The zero-order valence-corrected chi connectivity index (χ0v) is 19.2. The van der Waals surface area contributed by atoms with E-state index < -0.39 is 10.0 Å². The molecule has 32 heavy (non-hydrogen) atoms. The molecule has 2 aromatic heterocycles. The molecule has 0 unspecified atom stereocenters. The molecule has 0 fully saturated rings. The van der Waals surface area contributed by atoms with Gasteiger partial charge in [-0.15, -0.1) is 10.2 Å². The standard InChI is InChI=1S/C22H26N6O3S/c1-4-32(29,30)28-11-9-17(10-12-28)19-14-24-15(2)20(25-19)22-27-26-21(31-22)18-7-5-16(6-8-18)13-23-3/h5-9,14,23H,4,10-13H2,1-3H3. The van der Waals surface area contributed by atoms with Crippen molar-refractivity contribution in [3.05, 3.63) is 53.5 Å². The van der Waals surface area contributed by atoms with Crippen molar-refractivity contribution >= 4 is 15.6 Å². The summed E-state index contributed by atoms with van der Waals surface area (Å²) >= 11 is 0. The summed E-state index contributed by atoms with van der Waals surface area (Å²) < 4.78 is 31.6. The van der Waals surface area contributed by atoms with Crippen LogP contribution in [0.25, 0.3) is 28.6 Å². The predicted molar refractivity (Wildman–Crippen MR) is 122 cm³/mol. The number of hydrogen-bond acceptors (Lipinski definition) is 8. The van der Waals surface area contributed by atoms with Gasteiger partial charge < -0.3 is 9.73 Å². The van der Waals surface area contributed by atoms with Crippen molar-refractivity contribution < 1.29 is 12.8 Å². The van der Waals surface area contributed by atoms with Crippen LogP contribution in [0.3, 0.4) is 0 Å². The fourth-order valence-electron chi connectivity index (χ4n) is 3.53. The lowest BCUT2D eigenvalue weighted by atomic mass is 10.1. The van der Waals surface area contributed by atoms with Gasteiger partial charge in [0.25, 0.3) is 5.89 Å². The van der Waals surface area contributed by atoms with Crippen LogP contribution in [0.5, 0.6) is 0 Å². The molecule has 0 spiro atoms. The highest BCUT2D eigenvalue weighted by Crippen LogP contribution is 2.27. The zero-order chi connectivity index (χ0) is 22.7. The van der Waals surface area contributed by atoms with Crippen molar-refractivity contribution in [2.24, 2.45) is 0 Å². The fraction of sp³-hybridized carbons (Fsp3) is 0.364. The molecular weight excluding hydrogens is 428 g/mol. The summed E-state index contributed by atoms with van der Waals surface area (Å²) in [5.41, 5.74) is 4.85. The van der Waals surface area contributed by atoms with Crippen molar-refractivity contribution in [1.82, 2.24) is 29.8 Å². The maximum atomic E-state index is 12.1. The van der Waals surface area contributed by atoms with Crippen LogP contribution < -0.4 is 5.32 Å². The average Bonchev–Trinajstić information content (AvgIpc) is 3.30. The molecule has 1 N–H and O–H groups in total. The number of sulfonamides is 1. The van der Waals surface area contributed by atoms with Gasteiger partial charge in [-0.2, -0.15) is 4.31 Å². The van der Waals surface area contributed by atoms with Gasteiger partial charge in [-0.05, 0) is 50.6 Å². The van der Waals surface area contributed by atoms with Crippen LogP contribution in [0.4, 0.5) is 0 Å². The molecule has 1 aliphatic heterocycles. The molecule has 3 aromatic rings. The Morgan fingerprint density at radius 1 is 1.16 bits per heavy atom. The maximum absolute atomic E-state index is 12.1. The van der Waals surface area contributed by atoms with Crippen LogP contribution in [0.1, 0.15) is 30.3 Å². The molecule has 0 atom stereocenters. The van der Waals surface area contributed by atoms with Gasteiger partial charge in [-0.3, -0.25) is 4.98 Å². The minimum Gasteiger partial charge on any atom is -0.415 e. The maximum Gasteiger partial charge on any atom is 0.268 e. The van der Waals surface area contributed by atoms with E-state index in [-0.39, 0.29) is 5.75 Å². The number of aromatic nitrogens is 4. The lowest BCUT2D eigenvalue weighted by molar-refractivity contribution is 0.442. The van der Waals surface area contributed by atoms with Gasteiger partial charge in [-0.1, -0.05) is 18.2 Å². The van der Waals surface area contributed by atoms with E-state index in [2.05, 4.69) is 20.5 Å². The van der Waals surface area contributed by atoms with E-state index in [9.17, 15) is 8.42 Å². The Bertz CT molecular complexity index is 1230. The zero-order valence-electron chi connectivity index (χ0n) is 18.4. The van der Waals surface area contributed by atoms with Gasteiger partial charge in [0.1, 0.15) is 5.69 Å². The normalized spacial score (nSPS) is 15.0. The van der Waals surface area contributed by atoms with Crippen LogP contribution in [-0.2, 0) is 16.6 Å². The van der Waals surface area contributed by atoms with Gasteiger partial charge in [-0.25, -0.2) is 13.4 Å².